The van der Waals surface area contributed by atoms with E-state index in [2.05, 4.69) is 0 Å². The van der Waals surface area contributed by atoms with E-state index < -0.39 is 0 Å². The van der Waals surface area contributed by atoms with Crippen molar-refractivity contribution < 1.29 is 34.0 Å². The topological polar surface area (TPSA) is 106 Å². The number of carbonyl (C=O) groups excluding carboxylic acids is 2. The first-order valence-electron chi connectivity index (χ1n) is 12.5. The Bertz CT molecular complexity index is 1450. The second-order valence-electron chi connectivity index (χ2n) is 9.52. The molecule has 1 atom stereocenters. The molecule has 2 aromatic rings. The summed E-state index contributed by atoms with van der Waals surface area (Å²) in [6.07, 6.45) is 7.03. The van der Waals surface area contributed by atoms with Gasteiger partial charge in [0.2, 0.25) is 11.8 Å². The van der Waals surface area contributed by atoms with Gasteiger partial charge >= 0.3 is 0 Å². The number of nitrogens with zero attached hydrogens (tertiary/aromatic N) is 1. The zero-order valence-corrected chi connectivity index (χ0v) is 20.2. The number of ether oxygens (including phenoxy) is 3. The highest BCUT2D eigenvalue weighted by atomic mass is 16.5. The number of allylic oxidation sites excluding steroid dienone is 1. The standard InChI is InChI=1S/C29H27NO7/c31-20-12-19-14-25(17-3-5-21(6-4-17)35-11-9-30-26(33)7-8-27(30)34)37-16-23(19)28-22(15-20)29-18(13-24(28)32)2-1-10-36-29/h2-6,12-13,15,25,31-32H,1,7-11,14,16H2/t25-/m0/s1. The maximum absolute atomic E-state index is 11.7. The van der Waals surface area contributed by atoms with Gasteiger partial charge in [0.15, 0.2) is 0 Å². The number of aromatic hydroxyl groups is 1. The number of amides is 2. The summed E-state index contributed by atoms with van der Waals surface area (Å²) in [5.41, 5.74) is 3.37. The van der Waals surface area contributed by atoms with E-state index in [0.717, 1.165) is 28.3 Å². The summed E-state index contributed by atoms with van der Waals surface area (Å²) in [6, 6.07) is 9.25. The van der Waals surface area contributed by atoms with E-state index in [-0.39, 0.29) is 62.0 Å². The summed E-state index contributed by atoms with van der Waals surface area (Å²) in [6.45, 7) is 1.31. The van der Waals surface area contributed by atoms with Crippen molar-refractivity contribution in [1.82, 2.24) is 4.90 Å². The smallest absolute Gasteiger partial charge is 0.229 e. The Balaban J connectivity index is 1.20. The first-order valence-corrected chi connectivity index (χ1v) is 12.5. The lowest BCUT2D eigenvalue weighted by Crippen LogP contribution is -2.33. The molecule has 190 valence electrons. The SMILES string of the molecule is O=C1CCC(=O)N1CCOc1ccc([C@@H]2CC3=CC(O)=Cc4c5c(cc(O)c4=C3CO2)=CCCO5)cc1. The summed E-state index contributed by atoms with van der Waals surface area (Å²) >= 11 is 0. The maximum atomic E-state index is 11.7. The molecule has 37 heavy (non-hydrogen) atoms. The van der Waals surface area contributed by atoms with Gasteiger partial charge in [-0.15, -0.1) is 0 Å². The zero-order valence-electron chi connectivity index (χ0n) is 20.2. The summed E-state index contributed by atoms with van der Waals surface area (Å²) in [5, 5.41) is 23.0. The molecule has 2 N–H and O–H groups in total. The van der Waals surface area contributed by atoms with Crippen LogP contribution in [0.2, 0.25) is 0 Å². The van der Waals surface area contributed by atoms with Crippen LogP contribution in [-0.2, 0) is 14.3 Å². The fourth-order valence-corrected chi connectivity index (χ4v) is 5.36. The molecule has 0 unspecified atom stereocenters. The van der Waals surface area contributed by atoms with E-state index in [1.54, 1.807) is 18.2 Å². The molecule has 0 saturated carbocycles. The molecule has 0 aromatic heterocycles. The number of imide groups is 1. The first kappa shape index (κ1) is 23.4. The lowest BCUT2D eigenvalue weighted by molar-refractivity contribution is -0.138. The molecule has 8 nitrogen and oxygen atoms in total. The molecule has 0 bridgehead atoms. The minimum absolute atomic E-state index is 0.104. The highest BCUT2D eigenvalue weighted by molar-refractivity contribution is 6.01. The van der Waals surface area contributed by atoms with Crippen LogP contribution in [0, 0.1) is 0 Å². The number of aliphatic hydroxyl groups is 1. The molecule has 2 aromatic carbocycles. The quantitative estimate of drug-likeness (QED) is 0.607. The Morgan fingerprint density at radius 1 is 1.05 bits per heavy atom. The Morgan fingerprint density at radius 2 is 1.84 bits per heavy atom. The predicted molar refractivity (Wildman–Crippen MR) is 135 cm³/mol. The van der Waals surface area contributed by atoms with Crippen LogP contribution in [0.3, 0.4) is 0 Å². The number of aliphatic hydroxyl groups excluding tert-OH is 1. The highest BCUT2D eigenvalue weighted by Crippen LogP contribution is 2.37. The van der Waals surface area contributed by atoms with Gasteiger partial charge in [0.1, 0.15) is 29.6 Å². The van der Waals surface area contributed by atoms with Crippen molar-refractivity contribution >= 4 is 29.5 Å². The van der Waals surface area contributed by atoms with Gasteiger partial charge in [-0.1, -0.05) is 18.2 Å². The normalized spacial score (nSPS) is 20.6. The number of likely N-dealkylation sites (tertiary alicyclic amines) is 1. The molecular weight excluding hydrogens is 474 g/mol. The van der Waals surface area contributed by atoms with Crippen molar-refractivity contribution in [2.24, 2.45) is 0 Å². The Labute approximate surface area is 213 Å². The number of rotatable bonds is 5. The third-order valence-corrected chi connectivity index (χ3v) is 7.18. The van der Waals surface area contributed by atoms with Crippen LogP contribution in [0.15, 0.2) is 47.7 Å². The van der Waals surface area contributed by atoms with Crippen molar-refractivity contribution in [3.05, 3.63) is 69.3 Å². The van der Waals surface area contributed by atoms with Crippen LogP contribution in [0.4, 0.5) is 0 Å². The fraction of sp³-hybridized carbons (Fsp3) is 0.310. The average molecular weight is 502 g/mol. The second-order valence-corrected chi connectivity index (χ2v) is 9.52. The maximum Gasteiger partial charge on any atom is 0.229 e. The summed E-state index contributed by atoms with van der Waals surface area (Å²) in [7, 11) is 0. The Kier molecular flexibility index (Phi) is 5.96. The van der Waals surface area contributed by atoms with E-state index in [4.69, 9.17) is 14.2 Å². The lowest BCUT2D eigenvalue weighted by atomic mass is 9.91. The first-order chi connectivity index (χ1) is 18.0. The number of hydrogen-bond donors (Lipinski definition) is 2. The number of carbonyl (C=O) groups is 2. The van der Waals surface area contributed by atoms with E-state index in [9.17, 15) is 19.8 Å². The number of hydrogen-bond acceptors (Lipinski definition) is 7. The van der Waals surface area contributed by atoms with Crippen molar-refractivity contribution in [1.29, 1.82) is 0 Å². The van der Waals surface area contributed by atoms with Crippen molar-refractivity contribution in [3.63, 3.8) is 0 Å². The highest BCUT2D eigenvalue weighted by Gasteiger charge is 2.29. The number of phenols is 1. The van der Waals surface area contributed by atoms with Crippen molar-refractivity contribution in [3.8, 4) is 17.2 Å². The monoisotopic (exact) mass is 501 g/mol. The second kappa shape index (κ2) is 9.44. The third kappa shape index (κ3) is 4.38. The largest absolute Gasteiger partial charge is 0.508 e. The zero-order chi connectivity index (χ0) is 25.5. The van der Waals surface area contributed by atoms with Crippen LogP contribution in [0.25, 0.3) is 17.7 Å². The molecular formula is C29H27NO7. The molecule has 3 heterocycles. The van der Waals surface area contributed by atoms with Crippen LogP contribution in [0.5, 0.6) is 17.2 Å². The van der Waals surface area contributed by atoms with E-state index in [1.807, 2.05) is 30.3 Å². The van der Waals surface area contributed by atoms with Crippen LogP contribution >= 0.6 is 0 Å². The van der Waals surface area contributed by atoms with E-state index in [1.165, 1.54) is 4.90 Å². The minimum atomic E-state index is -0.234. The molecule has 3 aliphatic heterocycles. The Hall–Kier alpha value is -4.04. The molecule has 6 rings (SSSR count). The van der Waals surface area contributed by atoms with Gasteiger partial charge in [0.05, 0.1) is 25.9 Å². The van der Waals surface area contributed by atoms with Crippen molar-refractivity contribution in [2.75, 3.05) is 26.4 Å². The van der Waals surface area contributed by atoms with Gasteiger partial charge in [0.25, 0.3) is 0 Å². The van der Waals surface area contributed by atoms with Crippen molar-refractivity contribution in [2.45, 2.75) is 31.8 Å². The summed E-state index contributed by atoms with van der Waals surface area (Å²) in [4.78, 5) is 24.7. The van der Waals surface area contributed by atoms with Gasteiger partial charge in [-0.25, -0.2) is 0 Å². The molecule has 4 aliphatic rings. The molecule has 2 saturated heterocycles. The fourth-order valence-electron chi connectivity index (χ4n) is 5.36. The Morgan fingerprint density at radius 3 is 2.62 bits per heavy atom. The number of benzene rings is 2. The molecule has 0 spiro atoms. The summed E-state index contributed by atoms with van der Waals surface area (Å²) < 4.78 is 17.9. The number of fused-ring (bicyclic) bond motifs is 4. The molecule has 8 heteroatoms. The van der Waals surface area contributed by atoms with E-state index >= 15 is 0 Å². The van der Waals surface area contributed by atoms with E-state index in [0.29, 0.717) is 35.3 Å². The third-order valence-electron chi connectivity index (χ3n) is 7.18. The summed E-state index contributed by atoms with van der Waals surface area (Å²) in [5.74, 6) is 1.26. The van der Waals surface area contributed by atoms with Crippen LogP contribution in [0.1, 0.15) is 42.9 Å². The minimum Gasteiger partial charge on any atom is -0.508 e. The van der Waals surface area contributed by atoms with Crippen LogP contribution in [-0.4, -0.2) is 53.3 Å². The van der Waals surface area contributed by atoms with Gasteiger partial charge in [-0.2, -0.15) is 0 Å². The van der Waals surface area contributed by atoms with Gasteiger partial charge in [-0.3, -0.25) is 14.5 Å². The molecule has 0 radical (unpaired) electrons. The average Bonchev–Trinajstić information content (AvgIpc) is 3.12. The molecule has 1 aliphatic carbocycles. The van der Waals surface area contributed by atoms with Gasteiger partial charge < -0.3 is 24.4 Å². The predicted octanol–water partition coefficient (Wildman–Crippen LogP) is 2.63. The van der Waals surface area contributed by atoms with Crippen LogP contribution < -0.4 is 19.9 Å². The van der Waals surface area contributed by atoms with Gasteiger partial charge in [0, 0.05) is 41.7 Å². The molecule has 2 fully saturated rings. The molecule has 2 amide bonds. The lowest BCUT2D eigenvalue weighted by Gasteiger charge is -2.28. The van der Waals surface area contributed by atoms with Gasteiger partial charge in [-0.05, 0) is 47.1 Å². The number of phenolic OH excluding ortho intramolecular Hbond substituents is 1.